The predicted octanol–water partition coefficient (Wildman–Crippen LogP) is 2.14. The number of pyridine rings is 1. The van der Waals surface area contributed by atoms with Crippen LogP contribution in [-0.4, -0.2) is 46.6 Å². The van der Waals surface area contributed by atoms with E-state index in [9.17, 15) is 9.90 Å². The van der Waals surface area contributed by atoms with Gasteiger partial charge in [0.05, 0.1) is 6.10 Å². The maximum absolute atomic E-state index is 12.2. The number of aliphatic hydroxyl groups excluding tert-OH is 1. The molecular weight excluding hydrogens is 254 g/mol. The third-order valence-electron chi connectivity index (χ3n) is 3.31. The minimum absolute atomic E-state index is 0.0488. The van der Waals surface area contributed by atoms with Gasteiger partial charge in [0.25, 0.3) is 5.91 Å². The summed E-state index contributed by atoms with van der Waals surface area (Å²) in [5.74, 6) is -0.0488. The van der Waals surface area contributed by atoms with Gasteiger partial charge in [0, 0.05) is 31.5 Å². The summed E-state index contributed by atoms with van der Waals surface area (Å²) in [7, 11) is 0. The van der Waals surface area contributed by atoms with Crippen molar-refractivity contribution in [1.29, 1.82) is 0 Å². The van der Waals surface area contributed by atoms with Gasteiger partial charge in [-0.3, -0.25) is 9.78 Å². The molecule has 0 bridgehead atoms. The second-order valence-corrected chi connectivity index (χ2v) is 4.68. The second-order valence-electron chi connectivity index (χ2n) is 4.68. The number of rotatable bonds is 8. The molecule has 0 aliphatic rings. The highest BCUT2D eigenvalue weighted by molar-refractivity contribution is 5.93. The number of carbonyl (C=O) groups is 1. The number of hydrogen-bond acceptors (Lipinski definition) is 4. The number of aromatic nitrogens is 1. The van der Waals surface area contributed by atoms with E-state index in [4.69, 9.17) is 0 Å². The molecule has 0 spiro atoms. The van der Waals surface area contributed by atoms with Crippen LogP contribution in [0.4, 0.5) is 5.69 Å². The normalized spacial score (nSPS) is 12.0. The molecule has 0 radical (unpaired) electrons. The maximum Gasteiger partial charge on any atom is 0.272 e. The summed E-state index contributed by atoms with van der Waals surface area (Å²) in [4.78, 5) is 18.1. The van der Waals surface area contributed by atoms with Gasteiger partial charge in [0.1, 0.15) is 5.69 Å². The van der Waals surface area contributed by atoms with Gasteiger partial charge in [0.15, 0.2) is 0 Å². The average Bonchev–Trinajstić information content (AvgIpc) is 2.48. The predicted molar refractivity (Wildman–Crippen MR) is 80.9 cm³/mol. The molecule has 5 nitrogen and oxygen atoms in total. The van der Waals surface area contributed by atoms with Gasteiger partial charge in [-0.2, -0.15) is 0 Å². The van der Waals surface area contributed by atoms with Crippen molar-refractivity contribution in [3.63, 3.8) is 0 Å². The molecule has 0 aliphatic carbocycles. The molecule has 1 aromatic heterocycles. The molecule has 20 heavy (non-hydrogen) atoms. The first-order valence-electron chi connectivity index (χ1n) is 7.29. The second kappa shape index (κ2) is 8.53. The fraction of sp³-hybridized carbons (Fsp3) is 0.600. The molecule has 5 heteroatoms. The fourth-order valence-corrected chi connectivity index (χ4v) is 1.92. The first kappa shape index (κ1) is 16.4. The van der Waals surface area contributed by atoms with Gasteiger partial charge in [-0.05, 0) is 38.8 Å². The molecule has 1 aromatic rings. The zero-order valence-corrected chi connectivity index (χ0v) is 12.6. The molecule has 0 aliphatic heterocycles. The minimum Gasteiger partial charge on any atom is -0.393 e. The zero-order chi connectivity index (χ0) is 15.0. The first-order chi connectivity index (χ1) is 9.62. The summed E-state index contributed by atoms with van der Waals surface area (Å²) in [6.07, 6.45) is 2.80. The van der Waals surface area contributed by atoms with Crippen LogP contribution in [0.5, 0.6) is 0 Å². The lowest BCUT2D eigenvalue weighted by molar-refractivity contribution is 0.0767. The monoisotopic (exact) mass is 279 g/mol. The van der Waals surface area contributed by atoms with Crippen LogP contribution < -0.4 is 5.32 Å². The Morgan fingerprint density at radius 1 is 1.40 bits per heavy atom. The van der Waals surface area contributed by atoms with E-state index < -0.39 is 0 Å². The first-order valence-corrected chi connectivity index (χ1v) is 7.29. The van der Waals surface area contributed by atoms with Crippen molar-refractivity contribution in [2.24, 2.45) is 0 Å². The van der Waals surface area contributed by atoms with E-state index in [1.165, 1.54) is 0 Å². The highest BCUT2D eigenvalue weighted by Gasteiger charge is 2.14. The number of hydrogen-bond donors (Lipinski definition) is 2. The molecule has 1 rings (SSSR count). The molecule has 0 saturated carbocycles. The Kier molecular flexibility index (Phi) is 7.01. The SMILES string of the molecule is CCC(O)CCNc1ccnc(C(=O)N(CC)CC)c1. The van der Waals surface area contributed by atoms with Crippen LogP contribution in [0.3, 0.4) is 0 Å². The summed E-state index contributed by atoms with van der Waals surface area (Å²) >= 11 is 0. The molecule has 2 N–H and O–H groups in total. The summed E-state index contributed by atoms with van der Waals surface area (Å²) in [5, 5.41) is 12.7. The highest BCUT2D eigenvalue weighted by Crippen LogP contribution is 2.10. The van der Waals surface area contributed by atoms with E-state index in [-0.39, 0.29) is 12.0 Å². The van der Waals surface area contributed by atoms with Gasteiger partial charge in [0.2, 0.25) is 0 Å². The van der Waals surface area contributed by atoms with Crippen LogP contribution in [0, 0.1) is 0 Å². The van der Waals surface area contributed by atoms with Crippen molar-refractivity contribution in [1.82, 2.24) is 9.88 Å². The Balaban J connectivity index is 2.63. The lowest BCUT2D eigenvalue weighted by Gasteiger charge is -2.18. The minimum atomic E-state index is -0.277. The molecule has 1 heterocycles. The number of nitrogens with zero attached hydrogens (tertiary/aromatic N) is 2. The summed E-state index contributed by atoms with van der Waals surface area (Å²) in [6.45, 7) is 7.90. The summed E-state index contributed by atoms with van der Waals surface area (Å²) in [6, 6.07) is 3.59. The molecule has 1 atom stereocenters. The van der Waals surface area contributed by atoms with Crippen LogP contribution in [0.15, 0.2) is 18.3 Å². The van der Waals surface area contributed by atoms with E-state index in [2.05, 4.69) is 10.3 Å². The van der Waals surface area contributed by atoms with Crippen LogP contribution >= 0.6 is 0 Å². The third-order valence-corrected chi connectivity index (χ3v) is 3.31. The van der Waals surface area contributed by atoms with Crippen molar-refractivity contribution < 1.29 is 9.90 Å². The number of carbonyl (C=O) groups excluding carboxylic acids is 1. The number of amides is 1. The van der Waals surface area contributed by atoms with Crippen molar-refractivity contribution in [2.45, 2.75) is 39.7 Å². The molecular formula is C15H25N3O2. The number of aliphatic hydroxyl groups is 1. The zero-order valence-electron chi connectivity index (χ0n) is 12.6. The largest absolute Gasteiger partial charge is 0.393 e. The van der Waals surface area contributed by atoms with Crippen LogP contribution in [0.25, 0.3) is 0 Å². The van der Waals surface area contributed by atoms with Crippen molar-refractivity contribution >= 4 is 11.6 Å². The van der Waals surface area contributed by atoms with E-state index in [0.29, 0.717) is 31.7 Å². The van der Waals surface area contributed by atoms with Crippen molar-refractivity contribution in [2.75, 3.05) is 25.0 Å². The molecule has 0 saturated heterocycles. The summed E-state index contributed by atoms with van der Waals surface area (Å²) < 4.78 is 0. The highest BCUT2D eigenvalue weighted by atomic mass is 16.3. The Morgan fingerprint density at radius 3 is 2.70 bits per heavy atom. The van der Waals surface area contributed by atoms with Gasteiger partial charge in [-0.15, -0.1) is 0 Å². The Labute approximate surface area is 121 Å². The van der Waals surface area contributed by atoms with Gasteiger partial charge < -0.3 is 15.3 Å². The van der Waals surface area contributed by atoms with Crippen LogP contribution in [0.2, 0.25) is 0 Å². The number of nitrogens with one attached hydrogen (secondary N) is 1. The van der Waals surface area contributed by atoms with E-state index in [0.717, 1.165) is 12.1 Å². The van der Waals surface area contributed by atoms with Gasteiger partial charge in [-0.25, -0.2) is 0 Å². The maximum atomic E-state index is 12.2. The number of anilines is 1. The topological polar surface area (TPSA) is 65.5 Å². The van der Waals surface area contributed by atoms with Gasteiger partial charge in [-0.1, -0.05) is 6.92 Å². The molecule has 112 valence electrons. The van der Waals surface area contributed by atoms with Crippen LogP contribution in [-0.2, 0) is 0 Å². The smallest absolute Gasteiger partial charge is 0.272 e. The lowest BCUT2D eigenvalue weighted by atomic mass is 10.2. The van der Waals surface area contributed by atoms with Crippen molar-refractivity contribution in [3.8, 4) is 0 Å². The van der Waals surface area contributed by atoms with E-state index in [1.807, 2.05) is 26.8 Å². The molecule has 0 fully saturated rings. The van der Waals surface area contributed by atoms with E-state index in [1.54, 1.807) is 17.2 Å². The molecule has 0 aromatic carbocycles. The van der Waals surface area contributed by atoms with Gasteiger partial charge >= 0.3 is 0 Å². The molecule has 1 unspecified atom stereocenters. The quantitative estimate of drug-likeness (QED) is 0.765. The van der Waals surface area contributed by atoms with Crippen molar-refractivity contribution in [3.05, 3.63) is 24.0 Å². The fourth-order valence-electron chi connectivity index (χ4n) is 1.92. The Bertz CT molecular complexity index is 419. The summed E-state index contributed by atoms with van der Waals surface area (Å²) in [5.41, 5.74) is 1.31. The third kappa shape index (κ3) is 4.81. The standard InChI is InChI=1S/C15H25N3O2/c1-4-13(19)8-10-16-12-7-9-17-14(11-12)15(20)18(5-2)6-3/h7,9,11,13,19H,4-6,8,10H2,1-3H3,(H,16,17). The van der Waals surface area contributed by atoms with Crippen LogP contribution in [0.1, 0.15) is 44.1 Å². The molecule has 1 amide bonds. The lowest BCUT2D eigenvalue weighted by Crippen LogP contribution is -2.31. The average molecular weight is 279 g/mol. The Hall–Kier alpha value is -1.62. The van der Waals surface area contributed by atoms with E-state index >= 15 is 0 Å². The Morgan fingerprint density at radius 2 is 2.10 bits per heavy atom.